The van der Waals surface area contributed by atoms with E-state index in [1.54, 1.807) is 0 Å². The second kappa shape index (κ2) is 9.33. The van der Waals surface area contributed by atoms with Crippen LogP contribution in [0.4, 0.5) is 0 Å². The Labute approximate surface area is 217 Å². The van der Waals surface area contributed by atoms with E-state index in [1.165, 1.54) is 44.0 Å². The molecular formula is C32H32O2P2. The van der Waals surface area contributed by atoms with Gasteiger partial charge in [0, 0.05) is 21.7 Å². The van der Waals surface area contributed by atoms with Crippen molar-refractivity contribution in [2.75, 3.05) is 18.9 Å². The van der Waals surface area contributed by atoms with Crippen LogP contribution in [-0.2, 0) is 0 Å². The third-order valence-electron chi connectivity index (χ3n) is 7.20. The summed E-state index contributed by atoms with van der Waals surface area (Å²) in [6.45, 7) is 9.39. The molecule has 4 aromatic carbocycles. The molecule has 0 bridgehead atoms. The second-order valence-electron chi connectivity index (χ2n) is 10.4. The van der Waals surface area contributed by atoms with Crippen LogP contribution in [-0.4, -0.2) is 24.0 Å². The van der Waals surface area contributed by atoms with E-state index in [0.717, 1.165) is 30.4 Å². The fourth-order valence-electron chi connectivity index (χ4n) is 5.32. The van der Waals surface area contributed by atoms with Gasteiger partial charge in [-0.25, -0.2) is 0 Å². The maximum absolute atomic E-state index is 6.55. The SMILES string of the molecule is CC[P@@]1COc2c(-c3ccccc3)ccc(-c3ccc(-c4ccccc4)c4c3[P@](C(C)(C)C)CO4)c21. The van der Waals surface area contributed by atoms with E-state index in [2.05, 4.69) is 113 Å². The fraction of sp³-hybridized carbons (Fsp3) is 0.250. The van der Waals surface area contributed by atoms with Crippen LogP contribution >= 0.6 is 15.8 Å². The average Bonchev–Trinajstić information content (AvgIpc) is 3.54. The molecule has 6 rings (SSSR count). The molecular weight excluding hydrogens is 478 g/mol. The largest absolute Gasteiger partial charge is 0.488 e. The van der Waals surface area contributed by atoms with E-state index in [0.29, 0.717) is 0 Å². The van der Waals surface area contributed by atoms with Gasteiger partial charge >= 0.3 is 0 Å². The van der Waals surface area contributed by atoms with Crippen LogP contribution in [0.25, 0.3) is 33.4 Å². The monoisotopic (exact) mass is 510 g/mol. The first-order valence-corrected chi connectivity index (χ1v) is 15.9. The minimum absolute atomic E-state index is 0.157. The summed E-state index contributed by atoms with van der Waals surface area (Å²) in [5.41, 5.74) is 7.53. The molecule has 0 N–H and O–H groups in total. The van der Waals surface area contributed by atoms with Gasteiger partial charge in [-0.15, -0.1) is 0 Å². The maximum Gasteiger partial charge on any atom is 0.136 e. The van der Waals surface area contributed by atoms with Crippen LogP contribution in [0.15, 0.2) is 84.9 Å². The van der Waals surface area contributed by atoms with E-state index in [4.69, 9.17) is 9.47 Å². The van der Waals surface area contributed by atoms with Gasteiger partial charge in [0.25, 0.3) is 0 Å². The molecule has 0 saturated carbocycles. The molecule has 0 unspecified atom stereocenters. The van der Waals surface area contributed by atoms with Crippen LogP contribution in [0.2, 0.25) is 0 Å². The van der Waals surface area contributed by atoms with Crippen LogP contribution in [0, 0.1) is 0 Å². The highest BCUT2D eigenvalue weighted by molar-refractivity contribution is 7.68. The number of rotatable bonds is 4. The molecule has 0 saturated heterocycles. The van der Waals surface area contributed by atoms with Crippen molar-refractivity contribution in [2.24, 2.45) is 0 Å². The minimum atomic E-state index is -0.485. The smallest absolute Gasteiger partial charge is 0.136 e. The van der Waals surface area contributed by atoms with Crippen molar-refractivity contribution in [3.8, 4) is 44.9 Å². The number of ether oxygens (including phenoxy) is 2. The minimum Gasteiger partial charge on any atom is -0.488 e. The van der Waals surface area contributed by atoms with Crippen LogP contribution in [0.1, 0.15) is 27.7 Å². The Bertz CT molecular complexity index is 1410. The van der Waals surface area contributed by atoms with E-state index in [1.807, 2.05) is 0 Å². The second-order valence-corrected chi connectivity index (χ2v) is 15.7. The van der Waals surface area contributed by atoms with Crippen molar-refractivity contribution >= 4 is 26.5 Å². The zero-order valence-corrected chi connectivity index (χ0v) is 23.2. The number of hydrogen-bond donors (Lipinski definition) is 0. The van der Waals surface area contributed by atoms with Crippen molar-refractivity contribution in [3.63, 3.8) is 0 Å². The summed E-state index contributed by atoms with van der Waals surface area (Å²) in [4.78, 5) is 0. The third-order valence-corrected chi connectivity index (χ3v) is 12.5. The quantitative estimate of drug-likeness (QED) is 0.257. The van der Waals surface area contributed by atoms with E-state index in [-0.39, 0.29) is 13.1 Å². The lowest BCUT2D eigenvalue weighted by Crippen LogP contribution is -2.20. The molecule has 2 atom stereocenters. The first-order valence-electron chi connectivity index (χ1n) is 12.7. The summed E-state index contributed by atoms with van der Waals surface area (Å²) in [6.07, 6.45) is 2.73. The first-order chi connectivity index (χ1) is 17.5. The maximum atomic E-state index is 6.55. The molecule has 2 aliphatic heterocycles. The lowest BCUT2D eigenvalue weighted by molar-refractivity contribution is 0.401. The highest BCUT2D eigenvalue weighted by atomic mass is 31.1. The van der Waals surface area contributed by atoms with Gasteiger partial charge in [0.1, 0.15) is 24.2 Å². The lowest BCUT2D eigenvalue weighted by Gasteiger charge is -2.28. The molecule has 0 spiro atoms. The highest BCUT2D eigenvalue weighted by Crippen LogP contribution is 2.59. The van der Waals surface area contributed by atoms with Crippen LogP contribution in [0.5, 0.6) is 11.5 Å². The molecule has 0 radical (unpaired) electrons. The van der Waals surface area contributed by atoms with Crippen molar-refractivity contribution in [3.05, 3.63) is 84.9 Å². The molecule has 2 heterocycles. The number of hydrogen-bond acceptors (Lipinski definition) is 2. The van der Waals surface area contributed by atoms with Gasteiger partial charge in [0.05, 0.1) is 0 Å². The summed E-state index contributed by atoms with van der Waals surface area (Å²) < 4.78 is 13.0. The molecule has 0 aromatic heterocycles. The molecule has 4 heteroatoms. The van der Waals surface area contributed by atoms with Crippen LogP contribution < -0.4 is 20.1 Å². The van der Waals surface area contributed by atoms with Gasteiger partial charge < -0.3 is 9.47 Å². The van der Waals surface area contributed by atoms with Gasteiger partial charge in [0.2, 0.25) is 0 Å². The van der Waals surface area contributed by atoms with Crippen molar-refractivity contribution in [1.82, 2.24) is 0 Å². The van der Waals surface area contributed by atoms with E-state index < -0.39 is 7.92 Å². The molecule has 2 nitrogen and oxygen atoms in total. The normalized spacial score (nSPS) is 18.3. The zero-order chi connectivity index (χ0) is 24.9. The topological polar surface area (TPSA) is 18.5 Å². The Morgan fingerprint density at radius 3 is 1.61 bits per heavy atom. The van der Waals surface area contributed by atoms with Gasteiger partial charge in [-0.05, 0) is 61.5 Å². The Morgan fingerprint density at radius 1 is 0.611 bits per heavy atom. The molecule has 182 valence electrons. The third kappa shape index (κ3) is 3.96. The summed E-state index contributed by atoms with van der Waals surface area (Å²) in [5.74, 6) is 2.17. The molecule has 36 heavy (non-hydrogen) atoms. The van der Waals surface area contributed by atoms with Crippen molar-refractivity contribution in [2.45, 2.75) is 32.9 Å². The average molecular weight is 511 g/mol. The summed E-state index contributed by atoms with van der Waals surface area (Å²) in [5, 5.41) is 3.01. The Kier molecular flexibility index (Phi) is 6.15. The van der Waals surface area contributed by atoms with Gasteiger partial charge in [-0.1, -0.05) is 100 Å². The fourth-order valence-corrected chi connectivity index (χ4v) is 9.60. The highest BCUT2D eigenvalue weighted by Gasteiger charge is 2.39. The molecule has 0 fully saturated rings. The van der Waals surface area contributed by atoms with E-state index >= 15 is 0 Å². The summed E-state index contributed by atoms with van der Waals surface area (Å²) >= 11 is 0. The molecule has 0 aliphatic carbocycles. The van der Waals surface area contributed by atoms with E-state index in [9.17, 15) is 0 Å². The Morgan fingerprint density at radius 2 is 1.08 bits per heavy atom. The van der Waals surface area contributed by atoms with Gasteiger partial charge in [0.15, 0.2) is 0 Å². The predicted molar refractivity (Wildman–Crippen MR) is 157 cm³/mol. The Balaban J connectivity index is 1.60. The zero-order valence-electron chi connectivity index (χ0n) is 21.4. The number of fused-ring (bicyclic) bond motifs is 2. The standard InChI is InChI=1S/C32H32O2P2/c1-5-35-20-33-28-24(22-12-8-6-9-13-22)16-18-26(30(28)35)27-19-17-25(23-14-10-7-11-15-23)29-31(27)36(21-34-29)32(2,3)4/h6-19H,5,20-21H2,1-4H3/t35-,36+/m0/s1. The molecule has 2 aliphatic rings. The van der Waals surface area contributed by atoms with Crippen LogP contribution in [0.3, 0.4) is 0 Å². The molecule has 4 aromatic rings. The summed E-state index contributed by atoms with van der Waals surface area (Å²) in [7, 11) is -0.852. The van der Waals surface area contributed by atoms with Crippen molar-refractivity contribution < 1.29 is 9.47 Å². The molecule has 0 amide bonds. The first kappa shape index (κ1) is 23.7. The Hall–Kier alpha value is -2.66. The van der Waals surface area contributed by atoms with Gasteiger partial charge in [-0.2, -0.15) is 0 Å². The van der Waals surface area contributed by atoms with Crippen molar-refractivity contribution in [1.29, 1.82) is 0 Å². The summed E-state index contributed by atoms with van der Waals surface area (Å²) in [6, 6.07) is 30.6. The predicted octanol–water partition coefficient (Wildman–Crippen LogP) is 8.42. The lowest BCUT2D eigenvalue weighted by atomic mass is 9.96. The number of benzene rings is 4. The van der Waals surface area contributed by atoms with Gasteiger partial charge in [-0.3, -0.25) is 0 Å².